The fourth-order valence-electron chi connectivity index (χ4n) is 5.12. The fourth-order valence-corrected chi connectivity index (χ4v) is 7.31. The van der Waals surface area contributed by atoms with E-state index < -0.39 is 15.9 Å². The number of anilines is 2. The molecule has 5 N–H and O–H groups in total. The topological polar surface area (TPSA) is 185 Å². The molecule has 1 aromatic heterocycles. The molecule has 0 saturated carbocycles. The van der Waals surface area contributed by atoms with Gasteiger partial charge in [-0.15, -0.1) is 10.2 Å². The number of sulfonamides is 1. The second kappa shape index (κ2) is 12.3. The normalized spacial score (nSPS) is 17.2. The van der Waals surface area contributed by atoms with E-state index in [1.165, 1.54) is 35.6 Å². The molecule has 1 aliphatic carbocycles. The van der Waals surface area contributed by atoms with Crippen LogP contribution in [0.25, 0.3) is 0 Å². The van der Waals surface area contributed by atoms with Gasteiger partial charge in [0.15, 0.2) is 10.1 Å². The van der Waals surface area contributed by atoms with Crippen molar-refractivity contribution in [1.82, 2.24) is 10.2 Å². The van der Waals surface area contributed by atoms with Gasteiger partial charge in [-0.3, -0.25) is 14.5 Å². The zero-order valence-electron chi connectivity index (χ0n) is 23.4. The molecule has 0 fully saturated rings. The average molecular weight is 636 g/mol. The molecule has 5 rings (SSSR count). The number of ketones is 1. The van der Waals surface area contributed by atoms with E-state index in [1.54, 1.807) is 4.90 Å². The highest BCUT2D eigenvalue weighted by molar-refractivity contribution is 8.01. The molecule has 11 nitrogen and oxygen atoms in total. The molecule has 14 heteroatoms. The Bertz CT molecular complexity index is 1790. The predicted molar refractivity (Wildman–Crippen MR) is 166 cm³/mol. The van der Waals surface area contributed by atoms with Crippen LogP contribution in [0.2, 0.25) is 0 Å². The van der Waals surface area contributed by atoms with Crippen molar-refractivity contribution in [3.8, 4) is 6.07 Å². The Labute approximate surface area is 257 Å². The summed E-state index contributed by atoms with van der Waals surface area (Å²) in [6, 6.07) is 15.8. The van der Waals surface area contributed by atoms with Crippen molar-refractivity contribution >= 4 is 55.6 Å². The van der Waals surface area contributed by atoms with Crippen LogP contribution in [0.3, 0.4) is 0 Å². The van der Waals surface area contributed by atoms with Crippen LogP contribution >= 0.6 is 23.1 Å². The number of benzene rings is 2. The quantitative estimate of drug-likeness (QED) is 0.301. The maximum Gasteiger partial charge on any atom is 0.238 e. The number of carbonyl (C=O) groups excluding carboxylic acids is 2. The number of rotatable bonds is 8. The third-order valence-corrected chi connectivity index (χ3v) is 10.2. The Hall–Kier alpha value is -4.03. The summed E-state index contributed by atoms with van der Waals surface area (Å²) in [7, 11) is -3.83. The van der Waals surface area contributed by atoms with Gasteiger partial charge in [-0.1, -0.05) is 61.2 Å². The minimum atomic E-state index is -3.83. The highest BCUT2D eigenvalue weighted by atomic mass is 32.2. The Kier molecular flexibility index (Phi) is 8.70. The van der Waals surface area contributed by atoms with E-state index in [0.717, 1.165) is 28.6 Å². The minimum Gasteiger partial charge on any atom is -0.384 e. The Morgan fingerprint density at radius 2 is 1.86 bits per heavy atom. The zero-order valence-corrected chi connectivity index (χ0v) is 25.9. The van der Waals surface area contributed by atoms with Crippen molar-refractivity contribution in [2.75, 3.05) is 16.0 Å². The third-order valence-electron chi connectivity index (χ3n) is 7.23. The van der Waals surface area contributed by atoms with E-state index in [4.69, 9.17) is 10.9 Å². The fraction of sp³-hybridized carbons (Fsp3) is 0.276. The molecular formula is C29H29N7O4S3. The SMILES string of the molecule is CC(C)c1ccc(C2C(C#N)=C(N)N(c3nnc(SCC(=O)Nc4ccc(S(N)(=O)=O)cc4)s3)C3=C2C(=O)CCC3)cc1. The number of thioether (sulfide) groups is 1. The lowest BCUT2D eigenvalue weighted by Crippen LogP contribution is -2.38. The summed E-state index contributed by atoms with van der Waals surface area (Å²) in [5.74, 6) is -0.336. The van der Waals surface area contributed by atoms with Crippen LogP contribution in [0, 0.1) is 11.3 Å². The number of hydrogen-bond donors (Lipinski definition) is 3. The molecular weight excluding hydrogens is 607 g/mol. The Morgan fingerprint density at radius 3 is 2.49 bits per heavy atom. The van der Waals surface area contributed by atoms with Gasteiger partial charge in [-0.2, -0.15) is 5.26 Å². The number of nitrogens with one attached hydrogen (secondary N) is 1. The highest BCUT2D eigenvalue weighted by Crippen LogP contribution is 2.47. The molecule has 0 saturated heterocycles. The van der Waals surface area contributed by atoms with E-state index in [9.17, 15) is 23.3 Å². The number of carbonyl (C=O) groups is 2. The van der Waals surface area contributed by atoms with Crippen LogP contribution in [0.1, 0.15) is 56.1 Å². The number of amides is 1. The maximum atomic E-state index is 13.4. The van der Waals surface area contributed by atoms with Crippen molar-refractivity contribution in [1.29, 1.82) is 5.26 Å². The summed E-state index contributed by atoms with van der Waals surface area (Å²) in [5.41, 5.74) is 10.6. The van der Waals surface area contributed by atoms with Crippen LogP contribution in [0.15, 0.2) is 80.4 Å². The molecule has 0 bridgehead atoms. The molecule has 43 heavy (non-hydrogen) atoms. The van der Waals surface area contributed by atoms with Crippen LogP contribution in [-0.2, 0) is 19.6 Å². The van der Waals surface area contributed by atoms with Crippen molar-refractivity contribution in [3.63, 3.8) is 0 Å². The largest absolute Gasteiger partial charge is 0.384 e. The lowest BCUT2D eigenvalue weighted by molar-refractivity contribution is -0.116. The molecule has 1 aliphatic heterocycles. The van der Waals surface area contributed by atoms with E-state index >= 15 is 0 Å². The van der Waals surface area contributed by atoms with Crippen LogP contribution < -0.4 is 21.1 Å². The van der Waals surface area contributed by atoms with Gasteiger partial charge in [0.2, 0.25) is 21.1 Å². The number of allylic oxidation sites excluding steroid dienone is 3. The molecule has 1 unspecified atom stereocenters. The smallest absolute Gasteiger partial charge is 0.238 e. The first-order valence-corrected chi connectivity index (χ1v) is 16.8. The molecule has 2 heterocycles. The molecule has 1 atom stereocenters. The third kappa shape index (κ3) is 6.35. The number of primary sulfonamides is 1. The molecule has 1 amide bonds. The van der Waals surface area contributed by atoms with Crippen molar-refractivity contribution in [2.45, 2.75) is 54.2 Å². The van der Waals surface area contributed by atoms with E-state index in [-0.39, 0.29) is 33.7 Å². The van der Waals surface area contributed by atoms with Crippen LogP contribution in [0.5, 0.6) is 0 Å². The lowest BCUT2D eigenvalue weighted by Gasteiger charge is -2.38. The zero-order chi connectivity index (χ0) is 30.9. The van der Waals surface area contributed by atoms with E-state index in [1.807, 2.05) is 24.3 Å². The maximum absolute atomic E-state index is 13.4. The van der Waals surface area contributed by atoms with Crippen LogP contribution in [0.4, 0.5) is 10.8 Å². The minimum absolute atomic E-state index is 0.0151. The molecule has 222 valence electrons. The summed E-state index contributed by atoms with van der Waals surface area (Å²) in [6.45, 7) is 4.21. The summed E-state index contributed by atoms with van der Waals surface area (Å²) < 4.78 is 23.4. The monoisotopic (exact) mass is 635 g/mol. The van der Waals surface area contributed by atoms with Gasteiger partial charge in [0.05, 0.1) is 28.2 Å². The van der Waals surface area contributed by atoms with Gasteiger partial charge in [-0.25, -0.2) is 13.6 Å². The number of aromatic nitrogens is 2. The Morgan fingerprint density at radius 1 is 1.16 bits per heavy atom. The number of hydrogen-bond acceptors (Lipinski definition) is 11. The molecule has 0 radical (unpaired) electrons. The second-order valence-corrected chi connectivity index (χ2v) is 14.1. The Balaban J connectivity index is 1.37. The summed E-state index contributed by atoms with van der Waals surface area (Å²) in [4.78, 5) is 27.5. The first-order chi connectivity index (χ1) is 20.5. The number of Topliss-reactive ketones (excluding diaryl/α,β-unsaturated/α-hetero) is 1. The van der Waals surface area contributed by atoms with Gasteiger partial charge in [0, 0.05) is 23.4 Å². The molecule has 3 aromatic rings. The van der Waals surface area contributed by atoms with Crippen LogP contribution in [-0.4, -0.2) is 36.1 Å². The van der Waals surface area contributed by atoms with Gasteiger partial charge in [0.1, 0.15) is 5.82 Å². The standard InChI is InChI=1S/C29H29N7O4S3/c1-16(2)17-6-8-18(9-7-17)25-21(14-30)27(31)36(22-4-3-5-23(37)26(22)25)28-34-35-29(42-28)41-15-24(38)33-19-10-12-20(13-11-19)43(32,39)40/h6-13,16,25H,3-5,15,31H2,1-2H3,(H,33,38)(H2,32,39,40). The van der Waals surface area contributed by atoms with E-state index in [2.05, 4.69) is 35.4 Å². The molecule has 2 aliphatic rings. The predicted octanol–water partition coefficient (Wildman–Crippen LogP) is 4.34. The number of nitrogens with zero attached hydrogens (tertiary/aromatic N) is 4. The molecule has 0 spiro atoms. The van der Waals surface area contributed by atoms with Gasteiger partial charge >= 0.3 is 0 Å². The summed E-state index contributed by atoms with van der Waals surface area (Å²) in [6.07, 6.45) is 1.64. The first-order valence-electron chi connectivity index (χ1n) is 13.4. The van der Waals surface area contributed by atoms with Gasteiger partial charge < -0.3 is 11.1 Å². The summed E-state index contributed by atoms with van der Waals surface area (Å²) in [5, 5.41) is 27.0. The van der Waals surface area contributed by atoms with E-state index in [0.29, 0.717) is 45.9 Å². The lowest BCUT2D eigenvalue weighted by atomic mass is 9.75. The van der Waals surface area contributed by atoms with Gasteiger partial charge in [-0.05, 0) is 54.2 Å². The number of nitrogens with two attached hydrogens (primary N) is 2. The van der Waals surface area contributed by atoms with Crippen molar-refractivity contribution in [2.24, 2.45) is 10.9 Å². The first kappa shape index (κ1) is 30.4. The average Bonchev–Trinajstić information content (AvgIpc) is 3.44. The van der Waals surface area contributed by atoms with Crippen molar-refractivity contribution in [3.05, 3.63) is 82.3 Å². The molecule has 2 aromatic carbocycles. The van der Waals surface area contributed by atoms with Gasteiger partial charge in [0.25, 0.3) is 0 Å². The number of nitriles is 1. The highest BCUT2D eigenvalue weighted by Gasteiger charge is 2.41. The summed E-state index contributed by atoms with van der Waals surface area (Å²) >= 11 is 2.37. The van der Waals surface area contributed by atoms with Crippen molar-refractivity contribution < 1.29 is 18.0 Å². The second-order valence-electron chi connectivity index (χ2n) is 10.4.